The number of rotatable bonds is 3. The highest BCUT2D eigenvalue weighted by atomic mass is 35.5. The third kappa shape index (κ3) is 3.05. The summed E-state index contributed by atoms with van der Waals surface area (Å²) in [6.07, 6.45) is 6.51. The molecular weight excluding hydrogens is 242 g/mol. The van der Waals surface area contributed by atoms with Crippen molar-refractivity contribution < 1.29 is 0 Å². The summed E-state index contributed by atoms with van der Waals surface area (Å²) in [4.78, 5) is 0. The summed E-state index contributed by atoms with van der Waals surface area (Å²) in [5.41, 5.74) is 5.04. The van der Waals surface area contributed by atoms with Gasteiger partial charge in [-0.1, -0.05) is 29.8 Å². The number of benzene rings is 1. The van der Waals surface area contributed by atoms with Gasteiger partial charge in [0.25, 0.3) is 0 Å². The highest BCUT2D eigenvalue weighted by Crippen LogP contribution is 2.16. The second kappa shape index (κ2) is 5.45. The normalized spacial score (nSPS) is 11.3. The summed E-state index contributed by atoms with van der Waals surface area (Å²) in [6.45, 7) is 7.24. The summed E-state index contributed by atoms with van der Waals surface area (Å²) in [5.74, 6) is 0. The van der Waals surface area contributed by atoms with Crippen LogP contribution in [0.3, 0.4) is 0 Å². The first-order valence-corrected chi connectivity index (χ1v) is 6.50. The van der Waals surface area contributed by atoms with Crippen LogP contribution in [0.25, 0.3) is 6.08 Å². The van der Waals surface area contributed by atoms with Crippen molar-refractivity contribution in [3.63, 3.8) is 0 Å². The summed E-state index contributed by atoms with van der Waals surface area (Å²) >= 11 is 5.94. The van der Waals surface area contributed by atoms with E-state index < -0.39 is 0 Å². The molecule has 0 N–H and O–H groups in total. The van der Waals surface area contributed by atoms with Crippen LogP contribution in [0.15, 0.2) is 36.5 Å². The van der Waals surface area contributed by atoms with Crippen molar-refractivity contribution in [3.8, 4) is 0 Å². The quantitative estimate of drug-likeness (QED) is 0.748. The fourth-order valence-corrected chi connectivity index (χ4v) is 2.34. The zero-order valence-electron chi connectivity index (χ0n) is 11.1. The highest BCUT2D eigenvalue weighted by Gasteiger charge is 1.97. The van der Waals surface area contributed by atoms with E-state index in [1.165, 1.54) is 22.4 Å². The Morgan fingerprint density at radius 3 is 2.56 bits per heavy atom. The van der Waals surface area contributed by atoms with Crippen molar-refractivity contribution >= 4 is 17.7 Å². The van der Waals surface area contributed by atoms with E-state index in [0.717, 1.165) is 11.6 Å². The van der Waals surface area contributed by atoms with Crippen LogP contribution in [0, 0.1) is 20.8 Å². The average Bonchev–Trinajstić information content (AvgIpc) is 2.61. The molecule has 1 aromatic carbocycles. The zero-order valence-corrected chi connectivity index (χ0v) is 11.8. The van der Waals surface area contributed by atoms with Crippen LogP contribution < -0.4 is 0 Å². The van der Waals surface area contributed by atoms with E-state index in [4.69, 9.17) is 11.6 Å². The lowest BCUT2D eigenvalue weighted by Gasteiger charge is -2.03. The lowest BCUT2D eigenvalue weighted by atomic mass is 10.1. The van der Waals surface area contributed by atoms with Gasteiger partial charge >= 0.3 is 0 Å². The van der Waals surface area contributed by atoms with E-state index in [0.29, 0.717) is 0 Å². The molecule has 0 radical (unpaired) electrons. The Kier molecular flexibility index (Phi) is 3.93. The van der Waals surface area contributed by atoms with E-state index in [2.05, 4.69) is 55.8 Å². The Hall–Kier alpha value is -1.47. The second-order valence-corrected chi connectivity index (χ2v) is 5.15. The molecule has 0 aliphatic heterocycles. The Labute approximate surface area is 114 Å². The lowest BCUT2D eigenvalue weighted by molar-refractivity contribution is 0.798. The molecule has 2 rings (SSSR count). The first kappa shape index (κ1) is 13.0. The molecular formula is C16H18ClN. The van der Waals surface area contributed by atoms with Gasteiger partial charge in [-0.2, -0.15) is 0 Å². The number of aromatic nitrogens is 1. The van der Waals surface area contributed by atoms with Gasteiger partial charge in [-0.15, -0.1) is 0 Å². The molecule has 0 spiro atoms. The number of hydrogen-bond donors (Lipinski definition) is 0. The van der Waals surface area contributed by atoms with E-state index in [-0.39, 0.29) is 0 Å². The fraction of sp³-hybridized carbons (Fsp3) is 0.250. The molecule has 2 aromatic rings. The maximum Gasteiger partial charge on any atom is 0.0409 e. The van der Waals surface area contributed by atoms with Crippen molar-refractivity contribution in [2.45, 2.75) is 27.3 Å². The Balaban J connectivity index is 2.10. The first-order chi connectivity index (χ1) is 8.56. The van der Waals surface area contributed by atoms with Crippen LogP contribution in [-0.4, -0.2) is 4.57 Å². The maximum absolute atomic E-state index is 5.94. The van der Waals surface area contributed by atoms with Crippen LogP contribution in [0.4, 0.5) is 0 Å². The monoisotopic (exact) mass is 259 g/mol. The number of halogens is 1. The molecule has 0 saturated heterocycles. The predicted octanol–water partition coefficient (Wildman–Crippen LogP) is 4.78. The molecule has 0 fully saturated rings. The largest absolute Gasteiger partial charge is 0.348 e. The SMILES string of the molecule is Cc1cc(C)n(C/C=C/c2ccc(Cl)cc2C)c1. The van der Waals surface area contributed by atoms with Gasteiger partial charge in [-0.3, -0.25) is 0 Å². The van der Waals surface area contributed by atoms with Crippen LogP contribution in [-0.2, 0) is 6.54 Å². The molecule has 18 heavy (non-hydrogen) atoms. The molecule has 0 atom stereocenters. The van der Waals surface area contributed by atoms with Gasteiger partial charge < -0.3 is 4.57 Å². The molecule has 0 aliphatic carbocycles. The van der Waals surface area contributed by atoms with Gasteiger partial charge in [0.15, 0.2) is 0 Å². The Morgan fingerprint density at radius 1 is 1.17 bits per heavy atom. The third-order valence-electron chi connectivity index (χ3n) is 3.08. The van der Waals surface area contributed by atoms with Gasteiger partial charge in [0.05, 0.1) is 0 Å². The van der Waals surface area contributed by atoms with Gasteiger partial charge in [-0.25, -0.2) is 0 Å². The molecule has 1 aromatic heterocycles. The topological polar surface area (TPSA) is 4.93 Å². The van der Waals surface area contributed by atoms with Crippen molar-refractivity contribution in [2.75, 3.05) is 0 Å². The van der Waals surface area contributed by atoms with E-state index in [1.807, 2.05) is 12.1 Å². The second-order valence-electron chi connectivity index (χ2n) is 4.71. The van der Waals surface area contributed by atoms with Crippen LogP contribution in [0.1, 0.15) is 22.4 Å². The minimum atomic E-state index is 0.793. The van der Waals surface area contributed by atoms with Crippen LogP contribution in [0.5, 0.6) is 0 Å². The van der Waals surface area contributed by atoms with Crippen molar-refractivity contribution in [2.24, 2.45) is 0 Å². The minimum Gasteiger partial charge on any atom is -0.348 e. The summed E-state index contributed by atoms with van der Waals surface area (Å²) in [6, 6.07) is 8.18. The van der Waals surface area contributed by atoms with E-state index in [1.54, 1.807) is 0 Å². The molecule has 0 saturated carbocycles. The Morgan fingerprint density at radius 2 is 1.94 bits per heavy atom. The first-order valence-electron chi connectivity index (χ1n) is 6.12. The summed E-state index contributed by atoms with van der Waals surface area (Å²) in [7, 11) is 0. The lowest BCUT2D eigenvalue weighted by Crippen LogP contribution is -1.94. The standard InChI is InChI=1S/C16H18ClN/c1-12-9-14(3)18(11-12)8-4-5-15-6-7-16(17)10-13(15)2/h4-7,9-11H,8H2,1-3H3/b5-4+. The average molecular weight is 260 g/mol. The van der Waals surface area contributed by atoms with Crippen LogP contribution in [0.2, 0.25) is 5.02 Å². The molecule has 1 nitrogen and oxygen atoms in total. The smallest absolute Gasteiger partial charge is 0.0409 e. The Bertz CT molecular complexity index is 579. The minimum absolute atomic E-state index is 0.793. The molecule has 0 bridgehead atoms. The van der Waals surface area contributed by atoms with Gasteiger partial charge in [0, 0.05) is 23.5 Å². The molecule has 94 valence electrons. The third-order valence-corrected chi connectivity index (χ3v) is 3.32. The molecule has 0 unspecified atom stereocenters. The summed E-state index contributed by atoms with van der Waals surface area (Å²) < 4.78 is 2.25. The highest BCUT2D eigenvalue weighted by molar-refractivity contribution is 6.30. The number of nitrogens with zero attached hydrogens (tertiary/aromatic N) is 1. The molecule has 0 aliphatic rings. The van der Waals surface area contributed by atoms with E-state index in [9.17, 15) is 0 Å². The van der Waals surface area contributed by atoms with Crippen LogP contribution >= 0.6 is 11.6 Å². The molecule has 1 heterocycles. The number of allylic oxidation sites excluding steroid dienone is 1. The van der Waals surface area contributed by atoms with Gasteiger partial charge in [-0.05, 0) is 55.7 Å². The summed E-state index contributed by atoms with van der Waals surface area (Å²) in [5, 5.41) is 0.793. The molecule has 0 amide bonds. The van der Waals surface area contributed by atoms with Crippen molar-refractivity contribution in [3.05, 3.63) is 63.9 Å². The zero-order chi connectivity index (χ0) is 13.1. The van der Waals surface area contributed by atoms with Crippen molar-refractivity contribution in [1.82, 2.24) is 4.57 Å². The van der Waals surface area contributed by atoms with E-state index >= 15 is 0 Å². The maximum atomic E-state index is 5.94. The van der Waals surface area contributed by atoms with Gasteiger partial charge in [0.2, 0.25) is 0 Å². The number of hydrogen-bond acceptors (Lipinski definition) is 0. The predicted molar refractivity (Wildman–Crippen MR) is 79.1 cm³/mol. The number of aryl methyl sites for hydroxylation is 3. The van der Waals surface area contributed by atoms with Gasteiger partial charge in [0.1, 0.15) is 0 Å². The molecule has 2 heteroatoms. The fourth-order valence-electron chi connectivity index (χ4n) is 2.11. The van der Waals surface area contributed by atoms with Crippen molar-refractivity contribution in [1.29, 1.82) is 0 Å².